The number of benzene rings is 2. The number of nitrogens with zero attached hydrogens (tertiary/aromatic N) is 3. The minimum absolute atomic E-state index is 0.0547. The molecule has 1 N–H and O–H groups in total. The summed E-state index contributed by atoms with van der Waals surface area (Å²) in [7, 11) is 1.42. The molecule has 3 aromatic rings. The number of hydrogen-bond acceptors (Lipinski definition) is 5. The molecule has 0 fully saturated rings. The number of halogens is 1. The van der Waals surface area contributed by atoms with Gasteiger partial charge in [0.1, 0.15) is 23.2 Å². The van der Waals surface area contributed by atoms with Crippen LogP contribution in [0.5, 0.6) is 11.6 Å². The van der Waals surface area contributed by atoms with E-state index in [-0.39, 0.29) is 22.7 Å². The van der Waals surface area contributed by atoms with E-state index in [1.165, 1.54) is 42.3 Å². The third kappa shape index (κ3) is 5.20. The summed E-state index contributed by atoms with van der Waals surface area (Å²) in [6, 6.07) is 12.6. The third-order valence-corrected chi connectivity index (χ3v) is 4.25. The first-order chi connectivity index (χ1) is 14.7. The highest BCUT2D eigenvalue weighted by Gasteiger charge is 2.20. The molecular weight excluding hydrogens is 399 g/mol. The van der Waals surface area contributed by atoms with Gasteiger partial charge in [0, 0.05) is 5.69 Å². The van der Waals surface area contributed by atoms with Crippen molar-refractivity contribution in [2.45, 2.75) is 20.8 Å². The van der Waals surface area contributed by atoms with Crippen LogP contribution in [-0.2, 0) is 0 Å². The van der Waals surface area contributed by atoms with E-state index in [1.807, 2.05) is 20.8 Å². The van der Waals surface area contributed by atoms with Crippen molar-refractivity contribution in [2.24, 2.45) is 5.41 Å². The van der Waals surface area contributed by atoms with Crippen molar-refractivity contribution in [3.63, 3.8) is 0 Å². The standard InChI is InChI=1S/C23H23FN4O3/c1-23(2,3)14-31-20-10-7-17(11-15(20)12-25)27-21(29)19-13-26-28(22(19)30-4)18-8-5-16(24)6-9-18/h5-11,13H,14H2,1-4H3,(H,27,29). The number of rotatable bonds is 6. The number of nitrogens with one attached hydrogen (secondary N) is 1. The first-order valence-electron chi connectivity index (χ1n) is 9.58. The molecule has 0 saturated heterocycles. The van der Waals surface area contributed by atoms with E-state index < -0.39 is 5.91 Å². The van der Waals surface area contributed by atoms with Gasteiger partial charge in [-0.05, 0) is 47.9 Å². The second-order valence-electron chi connectivity index (χ2n) is 8.08. The predicted octanol–water partition coefficient (Wildman–Crippen LogP) is 4.57. The Morgan fingerprint density at radius 2 is 1.94 bits per heavy atom. The Balaban J connectivity index is 1.82. The van der Waals surface area contributed by atoms with Crippen LogP contribution in [0.2, 0.25) is 0 Å². The smallest absolute Gasteiger partial charge is 0.262 e. The van der Waals surface area contributed by atoms with Crippen molar-refractivity contribution in [1.82, 2.24) is 9.78 Å². The summed E-state index contributed by atoms with van der Waals surface area (Å²) in [5, 5.41) is 16.4. The highest BCUT2D eigenvalue weighted by Crippen LogP contribution is 2.27. The lowest BCUT2D eigenvalue weighted by molar-refractivity contribution is 0.102. The summed E-state index contributed by atoms with van der Waals surface area (Å²) < 4.78 is 25.7. The lowest BCUT2D eigenvalue weighted by Gasteiger charge is -2.19. The van der Waals surface area contributed by atoms with Gasteiger partial charge in [0.15, 0.2) is 0 Å². The number of amides is 1. The number of hydrogen-bond donors (Lipinski definition) is 1. The van der Waals surface area contributed by atoms with Gasteiger partial charge in [-0.25, -0.2) is 9.07 Å². The second-order valence-corrected chi connectivity index (χ2v) is 8.08. The zero-order valence-electron chi connectivity index (χ0n) is 17.8. The number of anilines is 1. The Hall–Kier alpha value is -3.86. The van der Waals surface area contributed by atoms with Crippen LogP contribution >= 0.6 is 0 Å². The fourth-order valence-electron chi connectivity index (χ4n) is 2.77. The van der Waals surface area contributed by atoms with Gasteiger partial charge in [0.25, 0.3) is 5.91 Å². The van der Waals surface area contributed by atoms with Crippen LogP contribution in [0.25, 0.3) is 5.69 Å². The van der Waals surface area contributed by atoms with Gasteiger partial charge in [-0.2, -0.15) is 10.4 Å². The van der Waals surface area contributed by atoms with Gasteiger partial charge in [-0.15, -0.1) is 0 Å². The molecule has 1 heterocycles. The fourth-order valence-corrected chi connectivity index (χ4v) is 2.77. The molecule has 0 radical (unpaired) electrons. The maximum atomic E-state index is 13.2. The maximum Gasteiger partial charge on any atom is 0.262 e. The Morgan fingerprint density at radius 1 is 1.23 bits per heavy atom. The van der Waals surface area contributed by atoms with Crippen molar-refractivity contribution in [3.05, 3.63) is 65.6 Å². The maximum absolute atomic E-state index is 13.2. The van der Waals surface area contributed by atoms with E-state index in [9.17, 15) is 14.4 Å². The average molecular weight is 422 g/mol. The number of aromatic nitrogens is 2. The molecule has 3 rings (SSSR count). The van der Waals surface area contributed by atoms with Crippen molar-refractivity contribution in [2.75, 3.05) is 19.0 Å². The Labute approximate surface area is 180 Å². The molecule has 0 spiro atoms. The summed E-state index contributed by atoms with van der Waals surface area (Å²) in [6.07, 6.45) is 1.36. The van der Waals surface area contributed by atoms with E-state index >= 15 is 0 Å². The first kappa shape index (κ1) is 21.8. The highest BCUT2D eigenvalue weighted by atomic mass is 19.1. The zero-order chi connectivity index (χ0) is 22.6. The zero-order valence-corrected chi connectivity index (χ0v) is 17.8. The lowest BCUT2D eigenvalue weighted by Crippen LogP contribution is -2.17. The molecule has 1 aromatic heterocycles. The van der Waals surface area contributed by atoms with Gasteiger partial charge in [0.2, 0.25) is 5.88 Å². The number of carbonyl (C=O) groups excluding carboxylic acids is 1. The number of carbonyl (C=O) groups is 1. The Bertz CT molecular complexity index is 1130. The lowest BCUT2D eigenvalue weighted by atomic mass is 9.98. The van der Waals surface area contributed by atoms with Gasteiger partial charge in [0.05, 0.1) is 31.2 Å². The fraction of sp³-hybridized carbons (Fsp3) is 0.261. The number of nitriles is 1. The number of ether oxygens (including phenoxy) is 2. The van der Waals surface area contributed by atoms with Crippen molar-refractivity contribution >= 4 is 11.6 Å². The van der Waals surface area contributed by atoms with E-state index in [1.54, 1.807) is 18.2 Å². The van der Waals surface area contributed by atoms with Crippen LogP contribution in [0, 0.1) is 22.6 Å². The van der Waals surface area contributed by atoms with Crippen LogP contribution in [0.3, 0.4) is 0 Å². The molecule has 8 heteroatoms. The van der Waals surface area contributed by atoms with Gasteiger partial charge >= 0.3 is 0 Å². The Kier molecular flexibility index (Phi) is 6.25. The highest BCUT2D eigenvalue weighted by molar-refractivity contribution is 6.06. The van der Waals surface area contributed by atoms with Crippen molar-refractivity contribution in [1.29, 1.82) is 5.26 Å². The van der Waals surface area contributed by atoms with Crippen LogP contribution < -0.4 is 14.8 Å². The molecule has 0 saturated carbocycles. The number of methoxy groups -OCH3 is 1. The minimum atomic E-state index is -0.461. The summed E-state index contributed by atoms with van der Waals surface area (Å²) >= 11 is 0. The van der Waals surface area contributed by atoms with E-state index in [2.05, 4.69) is 16.5 Å². The van der Waals surface area contributed by atoms with E-state index in [4.69, 9.17) is 9.47 Å². The summed E-state index contributed by atoms with van der Waals surface area (Å²) in [5.74, 6) is -0.180. The second kappa shape index (κ2) is 8.88. The molecular formula is C23H23FN4O3. The molecule has 160 valence electrons. The van der Waals surface area contributed by atoms with Crippen LogP contribution in [-0.4, -0.2) is 29.4 Å². The van der Waals surface area contributed by atoms with Gasteiger partial charge in [-0.3, -0.25) is 4.79 Å². The average Bonchev–Trinajstić information content (AvgIpc) is 3.16. The topological polar surface area (TPSA) is 89.2 Å². The summed E-state index contributed by atoms with van der Waals surface area (Å²) in [4.78, 5) is 12.8. The molecule has 0 unspecified atom stereocenters. The van der Waals surface area contributed by atoms with Crippen LogP contribution in [0.1, 0.15) is 36.7 Å². The normalized spacial score (nSPS) is 11.0. The minimum Gasteiger partial charge on any atom is -0.492 e. The quantitative estimate of drug-likeness (QED) is 0.629. The van der Waals surface area contributed by atoms with Gasteiger partial charge in [-0.1, -0.05) is 20.8 Å². The molecule has 31 heavy (non-hydrogen) atoms. The predicted molar refractivity (Wildman–Crippen MR) is 114 cm³/mol. The first-order valence-corrected chi connectivity index (χ1v) is 9.58. The molecule has 2 aromatic carbocycles. The van der Waals surface area contributed by atoms with Crippen LogP contribution in [0.4, 0.5) is 10.1 Å². The SMILES string of the molecule is COc1c(C(=O)Nc2ccc(OCC(C)(C)C)c(C#N)c2)cnn1-c1ccc(F)cc1. The van der Waals surface area contributed by atoms with Crippen LogP contribution in [0.15, 0.2) is 48.7 Å². The molecule has 0 aliphatic rings. The van der Waals surface area contributed by atoms with Gasteiger partial charge < -0.3 is 14.8 Å². The van der Waals surface area contributed by atoms with Crippen molar-refractivity contribution in [3.8, 4) is 23.4 Å². The monoisotopic (exact) mass is 422 g/mol. The summed E-state index contributed by atoms with van der Waals surface area (Å²) in [5.41, 5.74) is 1.43. The van der Waals surface area contributed by atoms with E-state index in [0.717, 1.165) is 0 Å². The van der Waals surface area contributed by atoms with Crippen molar-refractivity contribution < 1.29 is 18.7 Å². The molecule has 7 nitrogen and oxygen atoms in total. The molecule has 0 bridgehead atoms. The summed E-state index contributed by atoms with van der Waals surface area (Å²) in [6.45, 7) is 6.56. The Morgan fingerprint density at radius 3 is 2.55 bits per heavy atom. The third-order valence-electron chi connectivity index (χ3n) is 4.25. The molecule has 0 atom stereocenters. The largest absolute Gasteiger partial charge is 0.492 e. The molecule has 0 aliphatic heterocycles. The molecule has 1 amide bonds. The molecule has 0 aliphatic carbocycles. The van der Waals surface area contributed by atoms with E-state index in [0.29, 0.717) is 29.3 Å².